The van der Waals surface area contributed by atoms with E-state index < -0.39 is 0 Å². The molecule has 6 heteroatoms. The molecule has 2 aromatic heterocycles. The number of aryl methyl sites for hydroxylation is 2. The highest BCUT2D eigenvalue weighted by molar-refractivity contribution is 5.97. The van der Waals surface area contributed by atoms with Gasteiger partial charge >= 0.3 is 0 Å². The molecule has 0 atom stereocenters. The molecule has 6 nitrogen and oxygen atoms in total. The first-order chi connectivity index (χ1) is 14.6. The summed E-state index contributed by atoms with van der Waals surface area (Å²) in [4.78, 5) is 31.1. The lowest BCUT2D eigenvalue weighted by molar-refractivity contribution is 0.0746. The highest BCUT2D eigenvalue weighted by Gasteiger charge is 2.23. The fourth-order valence-corrected chi connectivity index (χ4v) is 3.92. The summed E-state index contributed by atoms with van der Waals surface area (Å²) >= 11 is 0. The van der Waals surface area contributed by atoms with Crippen LogP contribution in [-0.4, -0.2) is 51.9 Å². The van der Waals surface area contributed by atoms with E-state index in [1.54, 1.807) is 0 Å². The van der Waals surface area contributed by atoms with Crippen molar-refractivity contribution in [2.45, 2.75) is 13.8 Å². The minimum Gasteiger partial charge on any atom is -0.353 e. The molecule has 30 heavy (non-hydrogen) atoms. The molecule has 4 aromatic rings. The standard InChI is InChI=1S/C24H23N5O/c1-16-17(2)26-22-15-19(7-9-21(22)25-16)24(30)29-13-11-28(12-14-29)23-10-8-18-5-3-4-6-20(18)27-23/h3-10,15H,11-14H2,1-2H3. The fourth-order valence-electron chi connectivity index (χ4n) is 3.92. The van der Waals surface area contributed by atoms with Gasteiger partial charge in [0.15, 0.2) is 0 Å². The molecule has 1 saturated heterocycles. The van der Waals surface area contributed by atoms with E-state index in [2.05, 4.69) is 33.1 Å². The van der Waals surface area contributed by atoms with Crippen molar-refractivity contribution in [3.8, 4) is 0 Å². The van der Waals surface area contributed by atoms with Crippen molar-refractivity contribution in [3.05, 3.63) is 71.5 Å². The van der Waals surface area contributed by atoms with E-state index in [9.17, 15) is 4.79 Å². The van der Waals surface area contributed by atoms with Crippen LogP contribution in [0.4, 0.5) is 5.82 Å². The van der Waals surface area contributed by atoms with Crippen LogP contribution in [0.5, 0.6) is 0 Å². The number of anilines is 1. The first-order valence-corrected chi connectivity index (χ1v) is 10.2. The summed E-state index contributed by atoms with van der Waals surface area (Å²) in [5.41, 5.74) is 5.06. The average Bonchev–Trinajstić information content (AvgIpc) is 2.79. The van der Waals surface area contributed by atoms with Crippen molar-refractivity contribution in [2.75, 3.05) is 31.1 Å². The number of hydrogen-bond donors (Lipinski definition) is 0. The van der Waals surface area contributed by atoms with Gasteiger partial charge in [-0.05, 0) is 50.2 Å². The summed E-state index contributed by atoms with van der Waals surface area (Å²) < 4.78 is 0. The molecule has 5 rings (SSSR count). The summed E-state index contributed by atoms with van der Waals surface area (Å²) in [6.07, 6.45) is 0. The van der Waals surface area contributed by atoms with E-state index in [0.29, 0.717) is 18.7 Å². The molecule has 0 unspecified atom stereocenters. The molecular weight excluding hydrogens is 374 g/mol. The lowest BCUT2D eigenvalue weighted by Gasteiger charge is -2.35. The predicted molar refractivity (Wildman–Crippen MR) is 119 cm³/mol. The number of para-hydroxylation sites is 1. The number of nitrogens with zero attached hydrogens (tertiary/aromatic N) is 5. The number of benzene rings is 2. The Morgan fingerprint density at radius 2 is 1.50 bits per heavy atom. The number of piperazine rings is 1. The average molecular weight is 397 g/mol. The Bertz CT molecular complexity index is 1260. The van der Waals surface area contributed by atoms with Crippen LogP contribution < -0.4 is 4.90 Å². The van der Waals surface area contributed by atoms with Crippen LogP contribution in [0, 0.1) is 13.8 Å². The molecular formula is C24H23N5O. The van der Waals surface area contributed by atoms with Gasteiger partial charge in [-0.1, -0.05) is 18.2 Å². The zero-order chi connectivity index (χ0) is 20.7. The Kier molecular flexibility index (Phi) is 4.54. The van der Waals surface area contributed by atoms with Crippen LogP contribution in [0.25, 0.3) is 21.9 Å². The smallest absolute Gasteiger partial charge is 0.254 e. The second-order valence-electron chi connectivity index (χ2n) is 7.74. The van der Waals surface area contributed by atoms with Crippen molar-refractivity contribution in [1.82, 2.24) is 19.9 Å². The zero-order valence-electron chi connectivity index (χ0n) is 17.2. The topological polar surface area (TPSA) is 62.2 Å². The Morgan fingerprint density at radius 3 is 2.30 bits per heavy atom. The molecule has 1 fully saturated rings. The van der Waals surface area contributed by atoms with Gasteiger partial charge in [0.1, 0.15) is 5.82 Å². The molecule has 0 saturated carbocycles. The quantitative estimate of drug-likeness (QED) is 0.515. The van der Waals surface area contributed by atoms with Crippen LogP contribution in [0.15, 0.2) is 54.6 Å². The van der Waals surface area contributed by atoms with E-state index >= 15 is 0 Å². The lowest BCUT2D eigenvalue weighted by atomic mass is 10.1. The van der Waals surface area contributed by atoms with Gasteiger partial charge < -0.3 is 9.80 Å². The number of fused-ring (bicyclic) bond motifs is 2. The van der Waals surface area contributed by atoms with Gasteiger partial charge in [0.05, 0.1) is 27.9 Å². The Balaban J connectivity index is 1.31. The van der Waals surface area contributed by atoms with E-state index in [4.69, 9.17) is 4.98 Å². The third-order valence-electron chi connectivity index (χ3n) is 5.80. The van der Waals surface area contributed by atoms with Crippen LogP contribution in [0.3, 0.4) is 0 Å². The van der Waals surface area contributed by atoms with Gasteiger partial charge in [0.2, 0.25) is 0 Å². The van der Waals surface area contributed by atoms with Crippen molar-refractivity contribution < 1.29 is 4.79 Å². The summed E-state index contributed by atoms with van der Waals surface area (Å²) in [7, 11) is 0. The Labute approximate surface area is 175 Å². The minimum absolute atomic E-state index is 0.0445. The summed E-state index contributed by atoms with van der Waals surface area (Å²) in [5.74, 6) is 1.01. The largest absolute Gasteiger partial charge is 0.353 e. The number of pyridine rings is 1. The van der Waals surface area contributed by atoms with E-state index in [1.807, 2.05) is 55.1 Å². The molecule has 0 aliphatic carbocycles. The van der Waals surface area contributed by atoms with E-state index in [1.165, 1.54) is 0 Å². The SMILES string of the molecule is Cc1nc2ccc(C(=O)N3CCN(c4ccc5ccccc5n4)CC3)cc2nc1C. The number of carbonyl (C=O) groups is 1. The molecule has 1 aliphatic heterocycles. The molecule has 0 bridgehead atoms. The summed E-state index contributed by atoms with van der Waals surface area (Å²) in [6.45, 7) is 6.76. The first kappa shape index (κ1) is 18.5. The minimum atomic E-state index is 0.0445. The summed E-state index contributed by atoms with van der Waals surface area (Å²) in [5, 5.41) is 1.14. The monoisotopic (exact) mass is 397 g/mol. The van der Waals surface area contributed by atoms with Gasteiger partial charge in [0, 0.05) is 37.1 Å². The van der Waals surface area contributed by atoms with Crippen LogP contribution in [0.1, 0.15) is 21.7 Å². The molecule has 1 aliphatic rings. The van der Waals surface area contributed by atoms with Crippen LogP contribution >= 0.6 is 0 Å². The lowest BCUT2D eigenvalue weighted by Crippen LogP contribution is -2.49. The van der Waals surface area contributed by atoms with E-state index in [-0.39, 0.29) is 5.91 Å². The number of carbonyl (C=O) groups excluding carboxylic acids is 1. The second-order valence-corrected chi connectivity index (χ2v) is 7.74. The highest BCUT2D eigenvalue weighted by Crippen LogP contribution is 2.21. The number of rotatable bonds is 2. The number of amides is 1. The maximum Gasteiger partial charge on any atom is 0.254 e. The third-order valence-corrected chi connectivity index (χ3v) is 5.80. The Morgan fingerprint density at radius 1 is 0.767 bits per heavy atom. The highest BCUT2D eigenvalue weighted by atomic mass is 16.2. The maximum atomic E-state index is 13.1. The predicted octanol–water partition coefficient (Wildman–Crippen LogP) is 3.76. The third kappa shape index (κ3) is 3.34. The van der Waals surface area contributed by atoms with E-state index in [0.717, 1.165) is 52.2 Å². The number of hydrogen-bond acceptors (Lipinski definition) is 5. The molecule has 0 radical (unpaired) electrons. The van der Waals surface area contributed by atoms with Gasteiger partial charge in [0.25, 0.3) is 5.91 Å². The molecule has 0 N–H and O–H groups in total. The molecule has 0 spiro atoms. The molecule has 150 valence electrons. The number of aromatic nitrogens is 3. The van der Waals surface area contributed by atoms with Gasteiger partial charge in [-0.15, -0.1) is 0 Å². The zero-order valence-corrected chi connectivity index (χ0v) is 17.2. The van der Waals surface area contributed by atoms with Crippen molar-refractivity contribution in [1.29, 1.82) is 0 Å². The fraction of sp³-hybridized carbons (Fsp3) is 0.250. The van der Waals surface area contributed by atoms with Gasteiger partial charge in [-0.25, -0.2) is 15.0 Å². The van der Waals surface area contributed by atoms with Gasteiger partial charge in [-0.3, -0.25) is 4.79 Å². The van der Waals surface area contributed by atoms with Crippen LogP contribution in [0.2, 0.25) is 0 Å². The maximum absolute atomic E-state index is 13.1. The summed E-state index contributed by atoms with van der Waals surface area (Å²) in [6, 6.07) is 17.9. The molecule has 3 heterocycles. The Hall–Kier alpha value is -3.54. The van der Waals surface area contributed by atoms with Crippen LogP contribution in [-0.2, 0) is 0 Å². The van der Waals surface area contributed by atoms with Crippen molar-refractivity contribution >= 4 is 33.7 Å². The van der Waals surface area contributed by atoms with Gasteiger partial charge in [-0.2, -0.15) is 0 Å². The molecule has 1 amide bonds. The second kappa shape index (κ2) is 7.37. The van der Waals surface area contributed by atoms with Crippen molar-refractivity contribution in [2.24, 2.45) is 0 Å². The van der Waals surface area contributed by atoms with Crippen molar-refractivity contribution in [3.63, 3.8) is 0 Å². The normalized spacial score (nSPS) is 14.5. The molecule has 2 aromatic carbocycles. The first-order valence-electron chi connectivity index (χ1n) is 10.2.